The number of allylic oxidation sites excluding steroid dienone is 8. The Kier molecular flexibility index (Phi) is 11.5. The van der Waals surface area contributed by atoms with Crippen LogP contribution in [0.2, 0.25) is 0 Å². The summed E-state index contributed by atoms with van der Waals surface area (Å²) < 4.78 is 7.07. The van der Waals surface area contributed by atoms with Gasteiger partial charge in [-0.25, -0.2) is 0 Å². The van der Waals surface area contributed by atoms with Gasteiger partial charge in [0.2, 0.25) is 0 Å². The van der Waals surface area contributed by atoms with E-state index in [1.807, 2.05) is 13.8 Å². The maximum atomic E-state index is 4.48. The van der Waals surface area contributed by atoms with Crippen molar-refractivity contribution in [2.45, 2.75) is 47.2 Å². The van der Waals surface area contributed by atoms with Gasteiger partial charge in [-0.15, -0.1) is 0 Å². The molecular weight excluding hydrogens is 715 g/mol. The molecule has 292 valence electrons. The lowest BCUT2D eigenvalue weighted by atomic mass is 10.0. The van der Waals surface area contributed by atoms with E-state index in [1.54, 1.807) is 0 Å². The highest BCUT2D eigenvalue weighted by atomic mass is 15.0. The molecule has 0 atom stereocenters. The molecule has 0 aliphatic carbocycles. The standard InChI is InChI=1S/C54H47N3.C2H6/c1-5-56-51-24-13-10-21-44(51)47-36-40(29-32-53(47)56)18-8-7-17-39(26-27-42-30-33-54-48(37-42)45-22-11-14-25-52(45)57(54)6-2)34-38(3)16-15-19-41-28-31-50-46(35-41)43-20-9-12-23-49(43)55(50)4;1-2/h7-15,17-37H,3,5-6,16H2,1-2,4H3;1-2H3/b17-7+,18-8+,19-15+,27-26+,39-34+;. The Bertz CT molecular complexity index is 3150. The lowest BCUT2D eigenvalue weighted by molar-refractivity contribution is 0.827. The van der Waals surface area contributed by atoms with Gasteiger partial charge in [-0.1, -0.05) is 153 Å². The van der Waals surface area contributed by atoms with Crippen molar-refractivity contribution in [2.75, 3.05) is 0 Å². The molecule has 59 heavy (non-hydrogen) atoms. The van der Waals surface area contributed by atoms with E-state index >= 15 is 0 Å². The minimum Gasteiger partial charge on any atom is -0.344 e. The first-order chi connectivity index (χ1) is 29.0. The van der Waals surface area contributed by atoms with E-state index in [9.17, 15) is 0 Å². The van der Waals surface area contributed by atoms with Gasteiger partial charge in [0.15, 0.2) is 0 Å². The van der Waals surface area contributed by atoms with Crippen LogP contribution in [0.5, 0.6) is 0 Å². The molecule has 0 bridgehead atoms. The molecule has 3 aromatic heterocycles. The molecule has 3 nitrogen and oxygen atoms in total. The average Bonchev–Trinajstić information content (AvgIpc) is 3.88. The van der Waals surface area contributed by atoms with Crippen molar-refractivity contribution in [1.29, 1.82) is 0 Å². The monoisotopic (exact) mass is 767 g/mol. The van der Waals surface area contributed by atoms with E-state index in [-0.39, 0.29) is 0 Å². The van der Waals surface area contributed by atoms with E-state index in [1.165, 1.54) is 82.1 Å². The summed E-state index contributed by atoms with van der Waals surface area (Å²) in [7, 11) is 2.14. The van der Waals surface area contributed by atoms with E-state index in [0.717, 1.165) is 30.7 Å². The number of hydrogen-bond donors (Lipinski definition) is 0. The van der Waals surface area contributed by atoms with Gasteiger partial charge in [0.1, 0.15) is 0 Å². The molecule has 0 unspecified atom stereocenters. The van der Waals surface area contributed by atoms with E-state index in [4.69, 9.17) is 0 Å². The van der Waals surface area contributed by atoms with E-state index < -0.39 is 0 Å². The number of rotatable bonds is 11. The van der Waals surface area contributed by atoms with Crippen LogP contribution in [0, 0.1) is 0 Å². The predicted molar refractivity (Wildman–Crippen MR) is 260 cm³/mol. The third-order valence-corrected chi connectivity index (χ3v) is 11.4. The van der Waals surface area contributed by atoms with Gasteiger partial charge >= 0.3 is 0 Å². The molecule has 0 radical (unpaired) electrons. The summed E-state index contributed by atoms with van der Waals surface area (Å²) in [5.41, 5.74) is 13.3. The molecular formula is C56H53N3. The molecule has 0 aliphatic rings. The maximum Gasteiger partial charge on any atom is 0.0491 e. The van der Waals surface area contributed by atoms with E-state index in [2.05, 4.69) is 223 Å². The fourth-order valence-electron chi connectivity index (χ4n) is 8.64. The van der Waals surface area contributed by atoms with Crippen molar-refractivity contribution in [3.05, 3.63) is 198 Å². The van der Waals surface area contributed by atoms with Gasteiger partial charge in [0.25, 0.3) is 0 Å². The van der Waals surface area contributed by atoms with Crippen LogP contribution in [0.3, 0.4) is 0 Å². The van der Waals surface area contributed by atoms with Crippen molar-refractivity contribution in [1.82, 2.24) is 13.7 Å². The first-order valence-corrected chi connectivity index (χ1v) is 21.1. The van der Waals surface area contributed by atoms with Gasteiger partial charge in [-0.3, -0.25) is 0 Å². The average molecular weight is 768 g/mol. The predicted octanol–water partition coefficient (Wildman–Crippen LogP) is 15.5. The summed E-state index contributed by atoms with van der Waals surface area (Å²) >= 11 is 0. The van der Waals surface area contributed by atoms with Crippen molar-refractivity contribution >= 4 is 83.6 Å². The summed E-state index contributed by atoms with van der Waals surface area (Å²) in [4.78, 5) is 0. The zero-order valence-corrected chi connectivity index (χ0v) is 35.0. The summed E-state index contributed by atoms with van der Waals surface area (Å²) in [5.74, 6) is 0. The first kappa shape index (κ1) is 39.0. The highest BCUT2D eigenvalue weighted by Crippen LogP contribution is 2.32. The van der Waals surface area contributed by atoms with Crippen LogP contribution in [0.15, 0.2) is 182 Å². The molecule has 9 aromatic rings. The van der Waals surface area contributed by atoms with Gasteiger partial charge in [0, 0.05) is 85.6 Å². The van der Waals surface area contributed by atoms with Crippen LogP contribution in [0.4, 0.5) is 0 Å². The summed E-state index contributed by atoms with van der Waals surface area (Å²) in [6.45, 7) is 14.8. The van der Waals surface area contributed by atoms with Crippen molar-refractivity contribution in [3.8, 4) is 0 Å². The molecule has 9 rings (SSSR count). The van der Waals surface area contributed by atoms with Crippen molar-refractivity contribution in [2.24, 2.45) is 7.05 Å². The Hall–Kier alpha value is -6.84. The Balaban J connectivity index is 0.00000238. The third-order valence-electron chi connectivity index (χ3n) is 11.4. The second-order valence-electron chi connectivity index (χ2n) is 14.9. The number of aryl methyl sites for hydroxylation is 3. The molecule has 6 aromatic carbocycles. The van der Waals surface area contributed by atoms with Gasteiger partial charge in [-0.05, 0) is 97.1 Å². The van der Waals surface area contributed by atoms with Crippen LogP contribution in [-0.4, -0.2) is 13.7 Å². The number of nitrogens with zero attached hydrogens (tertiary/aromatic N) is 3. The zero-order chi connectivity index (χ0) is 40.9. The second kappa shape index (κ2) is 17.3. The summed E-state index contributed by atoms with van der Waals surface area (Å²) in [6, 6.07) is 46.3. The topological polar surface area (TPSA) is 14.8 Å². The minimum atomic E-state index is 0.752. The largest absolute Gasteiger partial charge is 0.344 e. The van der Waals surface area contributed by atoms with Gasteiger partial charge in [-0.2, -0.15) is 0 Å². The smallest absolute Gasteiger partial charge is 0.0491 e. The molecule has 3 heteroatoms. The Labute approximate surface area is 348 Å². The van der Waals surface area contributed by atoms with Crippen LogP contribution >= 0.6 is 0 Å². The van der Waals surface area contributed by atoms with Crippen LogP contribution in [-0.2, 0) is 20.1 Å². The number of para-hydroxylation sites is 3. The number of hydrogen-bond acceptors (Lipinski definition) is 0. The fourth-order valence-corrected chi connectivity index (χ4v) is 8.64. The molecule has 0 fully saturated rings. The maximum absolute atomic E-state index is 4.48. The molecule has 0 spiro atoms. The SMILES string of the molecule is C=C(/C=C(\C=C\C=C\c1ccc2c(c1)c1ccccc1n2CC)/C=C/c1ccc2c(c1)c1ccccc1n2CC)C/C=C/c1ccc2c(c1)c1ccccc1n2C.CC. The lowest BCUT2D eigenvalue weighted by Gasteiger charge is -2.03. The number of fused-ring (bicyclic) bond motifs is 9. The van der Waals surface area contributed by atoms with Crippen LogP contribution in [0.1, 0.15) is 50.8 Å². The molecule has 3 heterocycles. The lowest BCUT2D eigenvalue weighted by Crippen LogP contribution is -1.92. The zero-order valence-electron chi connectivity index (χ0n) is 35.0. The third kappa shape index (κ3) is 7.65. The minimum absolute atomic E-state index is 0.752. The summed E-state index contributed by atoms with van der Waals surface area (Å²) in [5, 5.41) is 7.74. The van der Waals surface area contributed by atoms with Crippen LogP contribution < -0.4 is 0 Å². The quantitative estimate of drug-likeness (QED) is 0.116. The van der Waals surface area contributed by atoms with Gasteiger partial charge < -0.3 is 13.7 Å². The highest BCUT2D eigenvalue weighted by Gasteiger charge is 2.11. The Morgan fingerprint density at radius 3 is 1.51 bits per heavy atom. The normalized spacial score (nSPS) is 12.6. The Morgan fingerprint density at radius 1 is 0.492 bits per heavy atom. The molecule has 0 saturated carbocycles. The van der Waals surface area contributed by atoms with Gasteiger partial charge in [0.05, 0.1) is 0 Å². The Morgan fingerprint density at radius 2 is 0.932 bits per heavy atom. The second-order valence-corrected chi connectivity index (χ2v) is 14.9. The van der Waals surface area contributed by atoms with Crippen molar-refractivity contribution in [3.63, 3.8) is 0 Å². The van der Waals surface area contributed by atoms with Crippen molar-refractivity contribution < 1.29 is 0 Å². The molecule has 0 aliphatic heterocycles. The first-order valence-electron chi connectivity index (χ1n) is 21.1. The summed E-state index contributed by atoms with van der Waals surface area (Å²) in [6.07, 6.45) is 20.5. The van der Waals surface area contributed by atoms with E-state index in [0.29, 0.717) is 0 Å². The highest BCUT2D eigenvalue weighted by molar-refractivity contribution is 6.10. The fraction of sp³-hybridized carbons (Fsp3) is 0.143. The molecule has 0 N–H and O–H groups in total. The number of aromatic nitrogens is 3. The molecule has 0 amide bonds. The van der Waals surface area contributed by atoms with Crippen LogP contribution in [0.25, 0.3) is 83.6 Å². The number of benzene rings is 6. The molecule has 0 saturated heterocycles.